The van der Waals surface area contributed by atoms with Crippen LogP contribution in [0, 0.1) is 11.3 Å². The van der Waals surface area contributed by atoms with E-state index in [1.807, 2.05) is 11.8 Å². The molecule has 3 rings (SSSR count). The van der Waals surface area contributed by atoms with Crippen LogP contribution in [0.5, 0.6) is 0 Å². The fourth-order valence-electron chi connectivity index (χ4n) is 3.93. The minimum Gasteiger partial charge on any atom is -0.307 e. The predicted molar refractivity (Wildman–Crippen MR) is 92.9 cm³/mol. The van der Waals surface area contributed by atoms with E-state index in [4.69, 9.17) is 0 Å². The lowest BCUT2D eigenvalue weighted by Gasteiger charge is -2.39. The van der Waals surface area contributed by atoms with Crippen LogP contribution in [0.25, 0.3) is 0 Å². The van der Waals surface area contributed by atoms with E-state index in [0.29, 0.717) is 11.5 Å². The van der Waals surface area contributed by atoms with Crippen molar-refractivity contribution >= 4 is 11.8 Å². The Morgan fingerprint density at radius 1 is 1.00 bits per heavy atom. The molecule has 1 N–H and O–H groups in total. The third-order valence-corrected chi connectivity index (χ3v) is 6.47. The number of nitrogens with one attached hydrogen (secondary N) is 1. The smallest absolute Gasteiger partial charge is 0.0341 e. The molecule has 0 aromatic heterocycles. The quantitative estimate of drug-likeness (QED) is 0.783. The molecule has 1 aliphatic heterocycles. The Hall–Kier alpha value is -0.470. The van der Waals surface area contributed by atoms with E-state index in [9.17, 15) is 0 Å². The van der Waals surface area contributed by atoms with Gasteiger partial charge < -0.3 is 5.32 Å². The zero-order chi connectivity index (χ0) is 14.9. The minimum atomic E-state index is 0.485. The molecule has 1 atom stereocenters. The van der Waals surface area contributed by atoms with Crippen LogP contribution < -0.4 is 5.32 Å². The molecule has 0 amide bonds. The first-order valence-electron chi connectivity index (χ1n) is 8.52. The van der Waals surface area contributed by atoms with Gasteiger partial charge in [0.25, 0.3) is 0 Å². The second-order valence-electron chi connectivity index (χ2n) is 7.81. The highest BCUT2D eigenvalue weighted by Crippen LogP contribution is 2.40. The maximum absolute atomic E-state index is 3.97. The zero-order valence-corrected chi connectivity index (χ0v) is 14.5. The fourth-order valence-corrected chi connectivity index (χ4v) is 5.05. The van der Waals surface area contributed by atoms with Crippen molar-refractivity contribution in [2.75, 3.05) is 5.75 Å². The van der Waals surface area contributed by atoms with Crippen LogP contribution >= 0.6 is 11.8 Å². The third kappa shape index (κ3) is 3.65. The topological polar surface area (TPSA) is 12.0 Å². The van der Waals surface area contributed by atoms with Crippen LogP contribution in [0.2, 0.25) is 0 Å². The molecule has 1 saturated carbocycles. The average molecular weight is 304 g/mol. The first-order valence-corrected chi connectivity index (χ1v) is 9.50. The second-order valence-corrected chi connectivity index (χ2v) is 8.95. The van der Waals surface area contributed by atoms with E-state index in [0.717, 1.165) is 12.0 Å². The van der Waals surface area contributed by atoms with Gasteiger partial charge >= 0.3 is 0 Å². The van der Waals surface area contributed by atoms with Crippen molar-refractivity contribution in [1.29, 1.82) is 0 Å². The Bertz CT molecular complexity index is 469. The predicted octanol–water partition coefficient (Wildman–Crippen LogP) is 5.42. The Kier molecular flexibility index (Phi) is 4.66. The van der Waals surface area contributed by atoms with Gasteiger partial charge in [0.05, 0.1) is 0 Å². The first-order chi connectivity index (χ1) is 10.0. The van der Waals surface area contributed by atoms with Crippen LogP contribution in [0.3, 0.4) is 0 Å². The number of hydrogen-bond acceptors (Lipinski definition) is 2. The highest BCUT2D eigenvalue weighted by atomic mass is 32.2. The molecule has 1 aromatic rings. The summed E-state index contributed by atoms with van der Waals surface area (Å²) >= 11 is 2.02. The van der Waals surface area contributed by atoms with E-state index >= 15 is 0 Å². The van der Waals surface area contributed by atoms with Gasteiger partial charge in [0.15, 0.2) is 0 Å². The molecular formula is C19H29NS. The Morgan fingerprint density at radius 3 is 2.43 bits per heavy atom. The summed E-state index contributed by atoms with van der Waals surface area (Å²) < 4.78 is 0. The number of thioether (sulfide) groups is 1. The van der Waals surface area contributed by atoms with Crippen LogP contribution in [0.15, 0.2) is 29.2 Å². The van der Waals surface area contributed by atoms with Crippen molar-refractivity contribution in [3.63, 3.8) is 0 Å². The zero-order valence-electron chi connectivity index (χ0n) is 13.7. The van der Waals surface area contributed by atoms with E-state index < -0.39 is 0 Å². The van der Waals surface area contributed by atoms with Gasteiger partial charge in [-0.05, 0) is 60.8 Å². The highest BCUT2D eigenvalue weighted by Gasteiger charge is 2.31. The molecular weight excluding hydrogens is 274 g/mol. The van der Waals surface area contributed by atoms with Gasteiger partial charge in [0.1, 0.15) is 0 Å². The van der Waals surface area contributed by atoms with Crippen LogP contribution in [-0.2, 0) is 0 Å². The molecule has 0 radical (unpaired) electrons. The van der Waals surface area contributed by atoms with Gasteiger partial charge in [0.2, 0.25) is 0 Å². The van der Waals surface area contributed by atoms with Crippen molar-refractivity contribution < 1.29 is 0 Å². The molecule has 0 spiro atoms. The number of fused-ring (bicyclic) bond motifs is 1. The molecule has 2 aliphatic rings. The Labute approximate surface area is 134 Å². The lowest BCUT2D eigenvalue weighted by atomic mass is 9.71. The molecule has 1 nitrogen and oxygen atoms in total. The molecule has 21 heavy (non-hydrogen) atoms. The average Bonchev–Trinajstić information content (AvgIpc) is 2.47. The van der Waals surface area contributed by atoms with Crippen molar-refractivity contribution in [3.8, 4) is 0 Å². The molecule has 1 fully saturated rings. The molecule has 0 saturated heterocycles. The summed E-state index contributed by atoms with van der Waals surface area (Å²) in [7, 11) is 0. The van der Waals surface area contributed by atoms with Gasteiger partial charge in [-0.1, -0.05) is 39.0 Å². The summed E-state index contributed by atoms with van der Waals surface area (Å²) in [5.41, 5.74) is 2.02. The summed E-state index contributed by atoms with van der Waals surface area (Å²) in [6.45, 7) is 7.21. The van der Waals surface area contributed by atoms with Gasteiger partial charge in [-0.15, -0.1) is 11.8 Å². The summed E-state index contributed by atoms with van der Waals surface area (Å²) in [4.78, 5) is 1.49. The molecule has 1 heterocycles. The molecule has 2 heteroatoms. The second kappa shape index (κ2) is 6.34. The SMILES string of the molecule is CC(C)(C)C1CCC(NC2CCSc3ccccc32)CC1. The summed E-state index contributed by atoms with van der Waals surface area (Å²) in [5.74, 6) is 2.16. The van der Waals surface area contributed by atoms with Crippen molar-refractivity contribution in [3.05, 3.63) is 29.8 Å². The summed E-state index contributed by atoms with van der Waals surface area (Å²) in [6, 6.07) is 10.3. The maximum Gasteiger partial charge on any atom is 0.0341 e. The lowest BCUT2D eigenvalue weighted by molar-refractivity contribution is 0.155. The molecule has 1 aliphatic carbocycles. The van der Waals surface area contributed by atoms with Crippen molar-refractivity contribution in [2.24, 2.45) is 11.3 Å². The van der Waals surface area contributed by atoms with Crippen LogP contribution in [0.1, 0.15) is 64.5 Å². The van der Waals surface area contributed by atoms with E-state index in [1.54, 1.807) is 0 Å². The lowest BCUT2D eigenvalue weighted by Crippen LogP contribution is -2.39. The largest absolute Gasteiger partial charge is 0.307 e. The molecule has 1 aromatic carbocycles. The Balaban J connectivity index is 1.59. The van der Waals surface area contributed by atoms with Gasteiger partial charge in [-0.3, -0.25) is 0 Å². The monoisotopic (exact) mass is 303 g/mol. The van der Waals surface area contributed by atoms with Gasteiger partial charge in [-0.25, -0.2) is 0 Å². The van der Waals surface area contributed by atoms with E-state index in [-0.39, 0.29) is 0 Å². The summed E-state index contributed by atoms with van der Waals surface area (Å²) in [5, 5.41) is 3.97. The van der Waals surface area contributed by atoms with E-state index in [2.05, 4.69) is 50.4 Å². The molecule has 116 valence electrons. The Morgan fingerprint density at radius 2 is 1.71 bits per heavy atom. The molecule has 0 bridgehead atoms. The highest BCUT2D eigenvalue weighted by molar-refractivity contribution is 7.99. The molecule has 1 unspecified atom stereocenters. The normalized spacial score (nSPS) is 30.0. The van der Waals surface area contributed by atoms with Crippen molar-refractivity contribution in [2.45, 2.75) is 69.9 Å². The maximum atomic E-state index is 3.97. The number of benzene rings is 1. The standard InChI is InChI=1S/C19H29NS/c1-19(2,3)14-8-10-15(11-9-14)20-17-12-13-21-18-7-5-4-6-16(17)18/h4-7,14-15,17,20H,8-13H2,1-3H3. The van der Waals surface area contributed by atoms with Gasteiger partial charge in [0, 0.05) is 17.0 Å². The number of hydrogen-bond donors (Lipinski definition) is 1. The van der Waals surface area contributed by atoms with Crippen LogP contribution in [0.4, 0.5) is 0 Å². The van der Waals surface area contributed by atoms with Crippen LogP contribution in [-0.4, -0.2) is 11.8 Å². The minimum absolute atomic E-state index is 0.485. The first kappa shape index (κ1) is 15.4. The third-order valence-electron chi connectivity index (χ3n) is 5.35. The number of rotatable bonds is 2. The van der Waals surface area contributed by atoms with E-state index in [1.165, 1.54) is 48.3 Å². The fraction of sp³-hybridized carbons (Fsp3) is 0.684. The summed E-state index contributed by atoms with van der Waals surface area (Å²) in [6.07, 6.45) is 6.77. The van der Waals surface area contributed by atoms with Crippen molar-refractivity contribution in [1.82, 2.24) is 5.32 Å². The van der Waals surface area contributed by atoms with Gasteiger partial charge in [-0.2, -0.15) is 0 Å².